The van der Waals surface area contributed by atoms with Gasteiger partial charge in [0.15, 0.2) is 5.96 Å². The molecule has 0 aliphatic heterocycles. The van der Waals surface area contributed by atoms with Gasteiger partial charge >= 0.3 is 0 Å². The zero-order valence-corrected chi connectivity index (χ0v) is 11.9. The van der Waals surface area contributed by atoms with Crippen LogP contribution in [0.1, 0.15) is 24.5 Å². The fraction of sp³-hybridized carbons (Fsp3) is 0.533. The quantitative estimate of drug-likeness (QED) is 0.628. The lowest BCUT2D eigenvalue weighted by atomic mass is 10.1. The molecule has 2 N–H and O–H groups in total. The van der Waals surface area contributed by atoms with E-state index in [1.165, 1.54) is 17.5 Å². The third-order valence-electron chi connectivity index (χ3n) is 3.45. The molecule has 1 aliphatic rings. The van der Waals surface area contributed by atoms with Crippen molar-refractivity contribution in [2.45, 2.75) is 32.5 Å². The molecular weight excluding hydrogens is 238 g/mol. The number of benzene rings is 1. The molecular formula is C15H23N3O. The van der Waals surface area contributed by atoms with E-state index in [1.807, 2.05) is 7.05 Å². The molecule has 104 valence electrons. The van der Waals surface area contributed by atoms with Crippen molar-refractivity contribution < 1.29 is 4.74 Å². The van der Waals surface area contributed by atoms with Crippen molar-refractivity contribution in [3.05, 3.63) is 35.4 Å². The minimum Gasteiger partial charge on any atom is -0.380 e. The van der Waals surface area contributed by atoms with E-state index in [-0.39, 0.29) is 0 Å². The highest BCUT2D eigenvalue weighted by Gasteiger charge is 2.33. The van der Waals surface area contributed by atoms with Gasteiger partial charge in [-0.1, -0.05) is 31.2 Å². The first kappa shape index (κ1) is 13.9. The summed E-state index contributed by atoms with van der Waals surface area (Å²) < 4.78 is 5.10. The number of methoxy groups -OCH3 is 1. The minimum atomic E-state index is 0.593. The molecule has 0 saturated heterocycles. The molecule has 1 fully saturated rings. The molecule has 0 spiro atoms. The fourth-order valence-electron chi connectivity index (χ4n) is 2.00. The van der Waals surface area contributed by atoms with Crippen molar-refractivity contribution in [2.24, 2.45) is 10.9 Å². The minimum absolute atomic E-state index is 0.593. The second kappa shape index (κ2) is 6.57. The topological polar surface area (TPSA) is 45.7 Å². The highest BCUT2D eigenvalue weighted by Crippen LogP contribution is 2.28. The Hall–Kier alpha value is -1.55. The maximum atomic E-state index is 5.10. The first-order valence-electron chi connectivity index (χ1n) is 6.77. The SMILES string of the molecule is CN=C(NCc1ccc(COC)cc1)NC1CC1C. The lowest BCUT2D eigenvalue weighted by Gasteiger charge is -2.11. The highest BCUT2D eigenvalue weighted by molar-refractivity contribution is 5.80. The van der Waals surface area contributed by atoms with E-state index in [2.05, 4.69) is 46.8 Å². The van der Waals surface area contributed by atoms with Crippen LogP contribution in [0.3, 0.4) is 0 Å². The predicted molar refractivity (Wildman–Crippen MR) is 78.1 cm³/mol. The molecule has 0 radical (unpaired) electrons. The molecule has 1 aromatic rings. The third kappa shape index (κ3) is 4.24. The second-order valence-electron chi connectivity index (χ2n) is 5.14. The van der Waals surface area contributed by atoms with Crippen LogP contribution in [0.25, 0.3) is 0 Å². The van der Waals surface area contributed by atoms with Crippen LogP contribution in [0, 0.1) is 5.92 Å². The summed E-state index contributed by atoms with van der Waals surface area (Å²) in [6.07, 6.45) is 1.24. The summed E-state index contributed by atoms with van der Waals surface area (Å²) in [6, 6.07) is 9.03. The van der Waals surface area contributed by atoms with Gasteiger partial charge in [0.05, 0.1) is 6.61 Å². The largest absolute Gasteiger partial charge is 0.380 e. The smallest absolute Gasteiger partial charge is 0.191 e. The summed E-state index contributed by atoms with van der Waals surface area (Å²) in [6.45, 7) is 3.70. The van der Waals surface area contributed by atoms with Crippen molar-refractivity contribution in [1.82, 2.24) is 10.6 Å². The number of nitrogens with zero attached hydrogens (tertiary/aromatic N) is 1. The van der Waals surface area contributed by atoms with Gasteiger partial charge in [-0.25, -0.2) is 0 Å². The Morgan fingerprint density at radius 3 is 2.47 bits per heavy atom. The van der Waals surface area contributed by atoms with E-state index in [4.69, 9.17) is 4.74 Å². The lowest BCUT2D eigenvalue weighted by molar-refractivity contribution is 0.185. The van der Waals surface area contributed by atoms with Crippen molar-refractivity contribution in [1.29, 1.82) is 0 Å². The van der Waals surface area contributed by atoms with Gasteiger partial charge in [-0.15, -0.1) is 0 Å². The summed E-state index contributed by atoms with van der Waals surface area (Å²) in [4.78, 5) is 4.24. The Morgan fingerprint density at radius 1 is 1.32 bits per heavy atom. The van der Waals surface area contributed by atoms with Crippen LogP contribution in [0.5, 0.6) is 0 Å². The van der Waals surface area contributed by atoms with Gasteiger partial charge in [0.1, 0.15) is 0 Å². The summed E-state index contributed by atoms with van der Waals surface area (Å²) in [5.41, 5.74) is 2.44. The predicted octanol–water partition coefficient (Wildman–Crippen LogP) is 1.91. The molecule has 19 heavy (non-hydrogen) atoms. The highest BCUT2D eigenvalue weighted by atomic mass is 16.5. The van der Waals surface area contributed by atoms with E-state index in [0.717, 1.165) is 18.4 Å². The Bertz CT molecular complexity index is 428. The van der Waals surface area contributed by atoms with Gasteiger partial charge in [0.25, 0.3) is 0 Å². The average Bonchev–Trinajstić information content (AvgIpc) is 3.12. The molecule has 0 heterocycles. The average molecular weight is 261 g/mol. The first-order valence-corrected chi connectivity index (χ1v) is 6.77. The Kier molecular flexibility index (Phi) is 4.80. The first-order chi connectivity index (χ1) is 9.22. The van der Waals surface area contributed by atoms with Crippen LogP contribution in [0.15, 0.2) is 29.3 Å². The lowest BCUT2D eigenvalue weighted by Crippen LogP contribution is -2.38. The van der Waals surface area contributed by atoms with Crippen molar-refractivity contribution in [3.63, 3.8) is 0 Å². The Balaban J connectivity index is 1.80. The molecule has 0 bridgehead atoms. The monoisotopic (exact) mass is 261 g/mol. The van der Waals surface area contributed by atoms with Gasteiger partial charge in [0.2, 0.25) is 0 Å². The number of rotatable bonds is 5. The van der Waals surface area contributed by atoms with Crippen LogP contribution >= 0.6 is 0 Å². The van der Waals surface area contributed by atoms with E-state index >= 15 is 0 Å². The Labute approximate surface area is 115 Å². The van der Waals surface area contributed by atoms with Gasteiger partial charge in [-0.05, 0) is 23.5 Å². The molecule has 0 aromatic heterocycles. The molecule has 2 rings (SSSR count). The van der Waals surface area contributed by atoms with Crippen molar-refractivity contribution >= 4 is 5.96 Å². The molecule has 1 aromatic carbocycles. The van der Waals surface area contributed by atoms with E-state index in [0.29, 0.717) is 12.6 Å². The maximum absolute atomic E-state index is 5.10. The zero-order valence-electron chi connectivity index (χ0n) is 11.9. The molecule has 2 atom stereocenters. The number of hydrogen-bond acceptors (Lipinski definition) is 2. The third-order valence-corrected chi connectivity index (χ3v) is 3.45. The van der Waals surface area contributed by atoms with E-state index < -0.39 is 0 Å². The van der Waals surface area contributed by atoms with Crippen LogP contribution in [0.4, 0.5) is 0 Å². The molecule has 4 heteroatoms. The molecule has 0 amide bonds. The van der Waals surface area contributed by atoms with Gasteiger partial charge in [-0.3, -0.25) is 4.99 Å². The second-order valence-corrected chi connectivity index (χ2v) is 5.14. The number of hydrogen-bond donors (Lipinski definition) is 2. The fourth-order valence-corrected chi connectivity index (χ4v) is 2.00. The zero-order chi connectivity index (χ0) is 13.7. The summed E-state index contributed by atoms with van der Waals surface area (Å²) in [7, 11) is 3.52. The number of ether oxygens (including phenoxy) is 1. The standard InChI is InChI=1S/C15H23N3O/c1-11-8-14(11)18-15(16-2)17-9-12-4-6-13(7-5-12)10-19-3/h4-7,11,14H,8-10H2,1-3H3,(H2,16,17,18). The van der Waals surface area contributed by atoms with Crippen LogP contribution in [-0.4, -0.2) is 26.2 Å². The van der Waals surface area contributed by atoms with Crippen molar-refractivity contribution in [3.8, 4) is 0 Å². The Morgan fingerprint density at radius 2 is 1.95 bits per heavy atom. The van der Waals surface area contributed by atoms with Crippen LogP contribution in [-0.2, 0) is 17.9 Å². The van der Waals surface area contributed by atoms with Crippen molar-refractivity contribution in [2.75, 3.05) is 14.2 Å². The molecule has 2 unspecified atom stereocenters. The molecule has 1 aliphatic carbocycles. The molecule has 1 saturated carbocycles. The van der Waals surface area contributed by atoms with Crippen LogP contribution < -0.4 is 10.6 Å². The number of nitrogens with one attached hydrogen (secondary N) is 2. The molecule has 4 nitrogen and oxygen atoms in total. The van der Waals surface area contributed by atoms with Crippen LogP contribution in [0.2, 0.25) is 0 Å². The van der Waals surface area contributed by atoms with E-state index in [1.54, 1.807) is 7.11 Å². The summed E-state index contributed by atoms with van der Waals surface area (Å²) in [5.74, 6) is 1.65. The maximum Gasteiger partial charge on any atom is 0.191 e. The number of guanidine groups is 1. The summed E-state index contributed by atoms with van der Waals surface area (Å²) >= 11 is 0. The number of aliphatic imine (C=N–C) groups is 1. The van der Waals surface area contributed by atoms with Gasteiger partial charge < -0.3 is 15.4 Å². The van der Waals surface area contributed by atoms with Gasteiger partial charge in [-0.2, -0.15) is 0 Å². The summed E-state index contributed by atoms with van der Waals surface area (Å²) in [5, 5.41) is 6.75. The van der Waals surface area contributed by atoms with Gasteiger partial charge in [0, 0.05) is 26.7 Å². The van der Waals surface area contributed by atoms with E-state index in [9.17, 15) is 0 Å². The normalized spacial score (nSPS) is 22.2.